The van der Waals surface area contributed by atoms with Crippen LogP contribution < -0.4 is 10.5 Å². The van der Waals surface area contributed by atoms with Crippen molar-refractivity contribution >= 4 is 5.91 Å². The molecule has 1 heterocycles. The fourth-order valence-corrected chi connectivity index (χ4v) is 2.50. The van der Waals surface area contributed by atoms with Crippen molar-refractivity contribution in [3.8, 4) is 5.75 Å². The lowest BCUT2D eigenvalue weighted by molar-refractivity contribution is -0.135. The molecule has 2 unspecified atom stereocenters. The first-order valence-corrected chi connectivity index (χ1v) is 6.89. The van der Waals surface area contributed by atoms with Crippen LogP contribution in [0.3, 0.4) is 0 Å². The Bertz CT molecular complexity index is 408. The van der Waals surface area contributed by atoms with Gasteiger partial charge in [-0.05, 0) is 31.9 Å². The Balaban J connectivity index is 1.75. The molecule has 1 aromatic rings. The van der Waals surface area contributed by atoms with Crippen molar-refractivity contribution in [1.82, 2.24) is 4.90 Å². The Morgan fingerprint density at radius 1 is 1.42 bits per heavy atom. The summed E-state index contributed by atoms with van der Waals surface area (Å²) in [6, 6.07) is 10.1. The quantitative estimate of drug-likeness (QED) is 0.900. The van der Waals surface area contributed by atoms with Crippen LogP contribution >= 0.6 is 0 Å². The highest BCUT2D eigenvalue weighted by atomic mass is 16.5. The fraction of sp³-hybridized carbons (Fsp3) is 0.533. The van der Waals surface area contributed by atoms with Gasteiger partial charge in [-0.2, -0.15) is 0 Å². The molecule has 1 amide bonds. The summed E-state index contributed by atoms with van der Waals surface area (Å²) in [5.74, 6) is 0.972. The molecule has 1 aliphatic rings. The van der Waals surface area contributed by atoms with Crippen LogP contribution in [0.5, 0.6) is 5.75 Å². The van der Waals surface area contributed by atoms with E-state index in [9.17, 15) is 4.79 Å². The van der Waals surface area contributed by atoms with Gasteiger partial charge in [0.15, 0.2) is 0 Å². The Hall–Kier alpha value is -1.55. The van der Waals surface area contributed by atoms with Gasteiger partial charge in [-0.1, -0.05) is 18.2 Å². The van der Waals surface area contributed by atoms with Crippen LogP contribution in [0.1, 0.15) is 26.2 Å². The zero-order valence-electron chi connectivity index (χ0n) is 11.4. The number of carbonyl (C=O) groups is 1. The number of hydrogen-bond donors (Lipinski definition) is 1. The lowest BCUT2D eigenvalue weighted by Gasteiger charge is -2.36. The normalized spacial score (nSPS) is 23.2. The highest BCUT2D eigenvalue weighted by Gasteiger charge is 2.26. The molecule has 2 atom stereocenters. The van der Waals surface area contributed by atoms with Gasteiger partial charge in [-0.25, -0.2) is 0 Å². The van der Waals surface area contributed by atoms with Crippen LogP contribution in [-0.2, 0) is 4.79 Å². The molecular weight excluding hydrogens is 240 g/mol. The average Bonchev–Trinajstić information content (AvgIpc) is 2.39. The van der Waals surface area contributed by atoms with Crippen LogP contribution in [0.25, 0.3) is 0 Å². The second-order valence-corrected chi connectivity index (χ2v) is 5.13. The van der Waals surface area contributed by atoms with Crippen molar-refractivity contribution in [2.24, 2.45) is 5.73 Å². The SMILES string of the molecule is CC1CC(N)CCN1C(=O)CCOc1ccccc1. The molecule has 1 fully saturated rings. The highest BCUT2D eigenvalue weighted by Crippen LogP contribution is 2.17. The molecule has 1 aliphatic heterocycles. The minimum absolute atomic E-state index is 0.162. The van der Waals surface area contributed by atoms with Crippen LogP contribution in [0, 0.1) is 0 Å². The summed E-state index contributed by atoms with van der Waals surface area (Å²) in [5, 5.41) is 0. The molecule has 0 saturated carbocycles. The minimum atomic E-state index is 0.162. The molecule has 0 aromatic heterocycles. The number of rotatable bonds is 4. The van der Waals surface area contributed by atoms with Crippen molar-refractivity contribution in [2.45, 2.75) is 38.3 Å². The standard InChI is InChI=1S/C15H22N2O2/c1-12-11-13(16)7-9-17(12)15(18)8-10-19-14-5-3-2-4-6-14/h2-6,12-13H,7-11,16H2,1H3. The van der Waals surface area contributed by atoms with Crippen molar-refractivity contribution in [3.63, 3.8) is 0 Å². The molecule has 19 heavy (non-hydrogen) atoms. The summed E-state index contributed by atoms with van der Waals surface area (Å²) in [6.07, 6.45) is 2.22. The first-order chi connectivity index (χ1) is 9.16. The fourth-order valence-electron chi connectivity index (χ4n) is 2.50. The maximum absolute atomic E-state index is 12.1. The molecule has 0 bridgehead atoms. The van der Waals surface area contributed by atoms with E-state index in [-0.39, 0.29) is 18.0 Å². The topological polar surface area (TPSA) is 55.6 Å². The number of benzene rings is 1. The Labute approximate surface area is 114 Å². The maximum Gasteiger partial charge on any atom is 0.226 e. The van der Waals surface area contributed by atoms with E-state index in [0.29, 0.717) is 13.0 Å². The van der Waals surface area contributed by atoms with E-state index in [1.165, 1.54) is 0 Å². The molecule has 4 nitrogen and oxygen atoms in total. The summed E-state index contributed by atoms with van der Waals surface area (Å²) in [6.45, 7) is 3.26. The number of nitrogens with two attached hydrogens (primary N) is 1. The van der Waals surface area contributed by atoms with Gasteiger partial charge in [0, 0.05) is 18.6 Å². The van der Waals surface area contributed by atoms with E-state index in [1.54, 1.807) is 0 Å². The van der Waals surface area contributed by atoms with Crippen LogP contribution in [0.15, 0.2) is 30.3 Å². The monoisotopic (exact) mass is 262 g/mol. The second-order valence-electron chi connectivity index (χ2n) is 5.13. The van der Waals surface area contributed by atoms with Gasteiger partial charge in [0.05, 0.1) is 13.0 Å². The summed E-state index contributed by atoms with van der Waals surface area (Å²) >= 11 is 0. The van der Waals surface area contributed by atoms with Gasteiger partial charge in [0.2, 0.25) is 5.91 Å². The molecule has 0 radical (unpaired) electrons. The third-order valence-electron chi connectivity index (χ3n) is 3.56. The van der Waals surface area contributed by atoms with Gasteiger partial charge < -0.3 is 15.4 Å². The van der Waals surface area contributed by atoms with Crippen molar-refractivity contribution in [2.75, 3.05) is 13.2 Å². The number of likely N-dealkylation sites (tertiary alicyclic amines) is 1. The molecule has 104 valence electrons. The van der Waals surface area contributed by atoms with Crippen molar-refractivity contribution in [1.29, 1.82) is 0 Å². The summed E-state index contributed by atoms with van der Waals surface area (Å²) in [7, 11) is 0. The summed E-state index contributed by atoms with van der Waals surface area (Å²) in [4.78, 5) is 14.0. The van der Waals surface area contributed by atoms with Gasteiger partial charge in [0.1, 0.15) is 5.75 Å². The first-order valence-electron chi connectivity index (χ1n) is 6.89. The molecule has 0 aliphatic carbocycles. The largest absolute Gasteiger partial charge is 0.493 e. The Kier molecular flexibility index (Phi) is 4.80. The Morgan fingerprint density at radius 2 is 2.16 bits per heavy atom. The van der Waals surface area contributed by atoms with Crippen molar-refractivity contribution < 1.29 is 9.53 Å². The number of ether oxygens (including phenoxy) is 1. The van der Waals surface area contributed by atoms with Crippen molar-refractivity contribution in [3.05, 3.63) is 30.3 Å². The van der Waals surface area contributed by atoms with E-state index >= 15 is 0 Å². The van der Waals surface area contributed by atoms with Gasteiger partial charge in [-0.15, -0.1) is 0 Å². The van der Waals surface area contributed by atoms with E-state index < -0.39 is 0 Å². The number of para-hydroxylation sites is 1. The third-order valence-corrected chi connectivity index (χ3v) is 3.56. The Morgan fingerprint density at radius 3 is 2.84 bits per heavy atom. The molecule has 0 spiro atoms. The average molecular weight is 262 g/mol. The smallest absolute Gasteiger partial charge is 0.226 e. The zero-order valence-corrected chi connectivity index (χ0v) is 11.4. The number of carbonyl (C=O) groups excluding carboxylic acids is 1. The van der Waals surface area contributed by atoms with Gasteiger partial charge in [-0.3, -0.25) is 4.79 Å². The second kappa shape index (κ2) is 6.57. The summed E-state index contributed by atoms with van der Waals surface area (Å²) < 4.78 is 5.55. The lowest BCUT2D eigenvalue weighted by atomic mass is 9.99. The summed E-state index contributed by atoms with van der Waals surface area (Å²) in [5.41, 5.74) is 5.90. The van der Waals surface area contributed by atoms with Crippen LogP contribution in [0.4, 0.5) is 0 Å². The number of hydrogen-bond acceptors (Lipinski definition) is 3. The predicted octanol–water partition coefficient (Wildman–Crippen LogP) is 1.79. The van der Waals surface area contributed by atoms with Crippen LogP contribution in [-0.4, -0.2) is 36.0 Å². The third kappa shape index (κ3) is 3.96. The van der Waals surface area contributed by atoms with E-state index in [2.05, 4.69) is 6.92 Å². The molecule has 1 saturated heterocycles. The van der Waals surface area contributed by atoms with Crippen LogP contribution in [0.2, 0.25) is 0 Å². The van der Waals surface area contributed by atoms with E-state index in [4.69, 9.17) is 10.5 Å². The lowest BCUT2D eigenvalue weighted by Crippen LogP contribution is -2.48. The predicted molar refractivity (Wildman–Crippen MR) is 74.9 cm³/mol. The molecule has 2 rings (SSSR count). The zero-order chi connectivity index (χ0) is 13.7. The van der Waals surface area contributed by atoms with Gasteiger partial charge >= 0.3 is 0 Å². The maximum atomic E-state index is 12.1. The minimum Gasteiger partial charge on any atom is -0.493 e. The molecule has 1 aromatic carbocycles. The number of piperidine rings is 1. The van der Waals surface area contributed by atoms with Gasteiger partial charge in [0.25, 0.3) is 0 Å². The number of amides is 1. The number of nitrogens with zero attached hydrogens (tertiary/aromatic N) is 1. The molecule has 4 heteroatoms. The molecule has 2 N–H and O–H groups in total. The highest BCUT2D eigenvalue weighted by molar-refractivity contribution is 5.76. The van der Waals surface area contributed by atoms with E-state index in [1.807, 2.05) is 35.2 Å². The molecular formula is C15H22N2O2. The van der Waals surface area contributed by atoms with E-state index in [0.717, 1.165) is 25.1 Å². The first kappa shape index (κ1) is 13.9.